The number of hydrogen-bond donors (Lipinski definition) is 0. The standard InChI is InChI=1S/C22H21FNO/c1-15(2)21-13-19(16-9-11-18(23)12-10-16)20(14-25-3)22(24-21)17-7-5-4-6-8-17/h4-12,15H,14H2,1-3H3. The van der Waals surface area contributed by atoms with Crippen LogP contribution in [0.2, 0.25) is 0 Å². The Kier molecular flexibility index (Phi) is 5.25. The van der Waals surface area contributed by atoms with Crippen LogP contribution in [0, 0.1) is 11.9 Å². The Morgan fingerprint density at radius 1 is 1.00 bits per heavy atom. The first-order chi connectivity index (χ1) is 12.1. The zero-order valence-corrected chi connectivity index (χ0v) is 14.7. The summed E-state index contributed by atoms with van der Waals surface area (Å²) in [6.07, 6.45) is 0. The molecule has 0 bridgehead atoms. The molecule has 0 saturated carbocycles. The second-order valence-electron chi connectivity index (χ2n) is 6.28. The van der Waals surface area contributed by atoms with E-state index in [-0.39, 0.29) is 11.7 Å². The average Bonchev–Trinajstić information content (AvgIpc) is 2.63. The molecule has 1 aromatic heterocycles. The molecule has 2 aromatic carbocycles. The van der Waals surface area contributed by atoms with Crippen molar-refractivity contribution in [3.8, 4) is 22.4 Å². The number of ether oxygens (including phenoxy) is 1. The lowest BCUT2D eigenvalue weighted by molar-refractivity contribution is 0.185. The van der Waals surface area contributed by atoms with Crippen LogP contribution in [0.15, 0.2) is 54.6 Å². The van der Waals surface area contributed by atoms with Crippen molar-refractivity contribution in [2.75, 3.05) is 7.11 Å². The Morgan fingerprint density at radius 3 is 2.28 bits per heavy atom. The van der Waals surface area contributed by atoms with Crippen molar-refractivity contribution in [3.05, 3.63) is 77.7 Å². The number of benzene rings is 2. The molecule has 0 spiro atoms. The van der Waals surface area contributed by atoms with Crippen LogP contribution in [-0.2, 0) is 11.3 Å². The molecule has 1 heterocycles. The van der Waals surface area contributed by atoms with Crippen LogP contribution in [-0.4, -0.2) is 12.1 Å². The molecule has 3 heteroatoms. The summed E-state index contributed by atoms with van der Waals surface area (Å²) >= 11 is 0. The van der Waals surface area contributed by atoms with Gasteiger partial charge in [0.25, 0.3) is 0 Å². The van der Waals surface area contributed by atoms with Crippen molar-refractivity contribution in [1.29, 1.82) is 0 Å². The third kappa shape index (κ3) is 3.77. The van der Waals surface area contributed by atoms with Gasteiger partial charge in [0, 0.05) is 24.3 Å². The highest BCUT2D eigenvalue weighted by Gasteiger charge is 2.17. The lowest BCUT2D eigenvalue weighted by Gasteiger charge is -2.17. The van der Waals surface area contributed by atoms with Crippen molar-refractivity contribution in [2.45, 2.75) is 26.4 Å². The smallest absolute Gasteiger partial charge is 0.123 e. The Morgan fingerprint density at radius 2 is 1.68 bits per heavy atom. The highest BCUT2D eigenvalue weighted by molar-refractivity contribution is 5.76. The van der Waals surface area contributed by atoms with Crippen LogP contribution in [0.1, 0.15) is 31.0 Å². The molecule has 0 aliphatic carbocycles. The zero-order valence-electron chi connectivity index (χ0n) is 14.7. The van der Waals surface area contributed by atoms with Crippen LogP contribution >= 0.6 is 0 Å². The summed E-state index contributed by atoms with van der Waals surface area (Å²) in [6.45, 7) is 4.61. The van der Waals surface area contributed by atoms with E-state index >= 15 is 0 Å². The first kappa shape index (κ1) is 17.3. The van der Waals surface area contributed by atoms with E-state index in [1.54, 1.807) is 19.2 Å². The molecule has 3 aromatic rings. The van der Waals surface area contributed by atoms with Crippen molar-refractivity contribution >= 4 is 0 Å². The van der Waals surface area contributed by atoms with Gasteiger partial charge in [0.1, 0.15) is 5.82 Å². The lowest BCUT2D eigenvalue weighted by Crippen LogP contribution is -2.04. The summed E-state index contributed by atoms with van der Waals surface area (Å²) in [5.41, 5.74) is 5.61. The summed E-state index contributed by atoms with van der Waals surface area (Å²) in [5.74, 6) is -0.0169. The van der Waals surface area contributed by atoms with Gasteiger partial charge in [0.05, 0.1) is 18.0 Å². The second-order valence-corrected chi connectivity index (χ2v) is 6.28. The molecule has 0 aliphatic heterocycles. The predicted octanol–water partition coefficient (Wildman–Crippen LogP) is 5.62. The Bertz CT molecular complexity index is 842. The Labute approximate surface area is 148 Å². The van der Waals surface area contributed by atoms with E-state index in [0.717, 1.165) is 33.6 Å². The van der Waals surface area contributed by atoms with Gasteiger partial charge in [-0.05, 0) is 29.2 Å². The topological polar surface area (TPSA) is 22.1 Å². The summed E-state index contributed by atoms with van der Waals surface area (Å²) in [5, 5.41) is 0. The molecule has 0 atom stereocenters. The minimum absolute atomic E-state index is 0.234. The third-order valence-corrected chi connectivity index (χ3v) is 4.09. The number of methoxy groups -OCH3 is 1. The Hall–Kier alpha value is -2.52. The molecule has 3 rings (SSSR count). The molecular weight excluding hydrogens is 313 g/mol. The molecule has 25 heavy (non-hydrogen) atoms. The molecule has 127 valence electrons. The van der Waals surface area contributed by atoms with Crippen LogP contribution in [0.3, 0.4) is 0 Å². The van der Waals surface area contributed by atoms with Crippen LogP contribution < -0.4 is 0 Å². The van der Waals surface area contributed by atoms with E-state index in [1.165, 1.54) is 12.1 Å². The van der Waals surface area contributed by atoms with Crippen molar-refractivity contribution in [2.24, 2.45) is 0 Å². The highest BCUT2D eigenvalue weighted by atomic mass is 19.1. The number of rotatable bonds is 5. The molecule has 0 fully saturated rings. The van der Waals surface area contributed by atoms with E-state index in [9.17, 15) is 4.39 Å². The number of nitrogens with zero attached hydrogens (tertiary/aromatic N) is 1. The van der Waals surface area contributed by atoms with E-state index in [1.807, 2.05) is 30.3 Å². The third-order valence-electron chi connectivity index (χ3n) is 4.09. The maximum absolute atomic E-state index is 13.4. The summed E-state index contributed by atoms with van der Waals surface area (Å²) < 4.78 is 18.8. The average molecular weight is 334 g/mol. The minimum atomic E-state index is -0.251. The number of aromatic nitrogens is 1. The Balaban J connectivity index is 2.28. The van der Waals surface area contributed by atoms with Gasteiger partial charge in [-0.3, -0.25) is 4.98 Å². The van der Waals surface area contributed by atoms with Gasteiger partial charge in [-0.1, -0.05) is 56.3 Å². The molecular formula is C22H21FNO. The van der Waals surface area contributed by atoms with Gasteiger partial charge < -0.3 is 4.74 Å². The number of pyridine rings is 1. The van der Waals surface area contributed by atoms with Gasteiger partial charge >= 0.3 is 0 Å². The fourth-order valence-corrected chi connectivity index (χ4v) is 2.79. The fourth-order valence-electron chi connectivity index (χ4n) is 2.79. The second kappa shape index (κ2) is 7.58. The van der Waals surface area contributed by atoms with Crippen molar-refractivity contribution in [3.63, 3.8) is 0 Å². The van der Waals surface area contributed by atoms with Crippen LogP contribution in [0.4, 0.5) is 4.39 Å². The van der Waals surface area contributed by atoms with Crippen LogP contribution in [0.25, 0.3) is 22.4 Å². The highest BCUT2D eigenvalue weighted by Crippen LogP contribution is 2.33. The van der Waals surface area contributed by atoms with Crippen molar-refractivity contribution < 1.29 is 9.13 Å². The van der Waals surface area contributed by atoms with E-state index in [0.29, 0.717) is 6.61 Å². The quantitative estimate of drug-likeness (QED) is 0.604. The van der Waals surface area contributed by atoms with Crippen LogP contribution in [0.5, 0.6) is 0 Å². The normalized spacial score (nSPS) is 11.1. The predicted molar refractivity (Wildman–Crippen MR) is 98.7 cm³/mol. The first-order valence-electron chi connectivity index (χ1n) is 8.36. The number of halogens is 1. The SMILES string of the molecule is COCc1c(-c2ccc(F)cc2)[c]c(C(C)C)nc1-c1ccccc1. The molecule has 1 radical (unpaired) electrons. The van der Waals surface area contributed by atoms with Crippen molar-refractivity contribution in [1.82, 2.24) is 4.98 Å². The maximum atomic E-state index is 13.4. The first-order valence-corrected chi connectivity index (χ1v) is 8.36. The number of hydrogen-bond acceptors (Lipinski definition) is 2. The summed E-state index contributed by atoms with van der Waals surface area (Å²) in [4.78, 5) is 4.86. The summed E-state index contributed by atoms with van der Waals surface area (Å²) in [7, 11) is 1.67. The molecule has 0 amide bonds. The zero-order chi connectivity index (χ0) is 17.8. The molecule has 0 N–H and O–H groups in total. The van der Waals surface area contributed by atoms with Gasteiger partial charge in [-0.25, -0.2) is 4.39 Å². The summed E-state index contributed by atoms with van der Waals surface area (Å²) in [6, 6.07) is 20.0. The lowest BCUT2D eigenvalue weighted by atomic mass is 9.93. The van der Waals surface area contributed by atoms with Gasteiger partial charge in [-0.15, -0.1) is 0 Å². The van der Waals surface area contributed by atoms with E-state index < -0.39 is 0 Å². The van der Waals surface area contributed by atoms with Gasteiger partial charge in [-0.2, -0.15) is 0 Å². The van der Waals surface area contributed by atoms with E-state index in [4.69, 9.17) is 9.72 Å². The van der Waals surface area contributed by atoms with Gasteiger partial charge in [0.2, 0.25) is 0 Å². The molecule has 0 aliphatic rings. The molecule has 0 unspecified atom stereocenters. The molecule has 2 nitrogen and oxygen atoms in total. The monoisotopic (exact) mass is 334 g/mol. The van der Waals surface area contributed by atoms with Gasteiger partial charge in [0.15, 0.2) is 0 Å². The minimum Gasteiger partial charge on any atom is -0.380 e. The fraction of sp³-hybridized carbons (Fsp3) is 0.227. The molecule has 0 saturated heterocycles. The largest absolute Gasteiger partial charge is 0.380 e. The van der Waals surface area contributed by atoms with E-state index in [2.05, 4.69) is 19.9 Å². The maximum Gasteiger partial charge on any atom is 0.123 e.